The molecular weight excluding hydrogens is 278 g/mol. The molecule has 1 N–H and O–H groups in total. The first-order valence-electron chi connectivity index (χ1n) is 7.56. The van der Waals surface area contributed by atoms with Gasteiger partial charge in [0.05, 0.1) is 19.1 Å². The first-order chi connectivity index (χ1) is 10.7. The molecule has 112 valence electrons. The number of carbonyl (C=O) groups is 1. The number of aromatic amines is 1. The quantitative estimate of drug-likeness (QED) is 0.646. The molecule has 5 heteroatoms. The maximum atomic E-state index is 12.0. The Bertz CT molecular complexity index is 789. The minimum atomic E-state index is -0.235. The smallest absolute Gasteiger partial charge is 0.310 e. The molecule has 0 bridgehead atoms. The number of fused-ring (bicyclic) bond motifs is 2. The number of hydrogen-bond acceptors (Lipinski definition) is 4. The Hall–Kier alpha value is -2.48. The number of likely N-dealkylation sites (tertiary alicyclic amines) is 1. The predicted octanol–water partition coefficient (Wildman–Crippen LogP) is 2.15. The Morgan fingerprint density at radius 2 is 2.36 bits per heavy atom. The van der Waals surface area contributed by atoms with E-state index in [4.69, 9.17) is 4.74 Å². The molecule has 3 unspecified atom stereocenters. The normalized spacial score (nSPS) is 26.4. The van der Waals surface area contributed by atoms with Gasteiger partial charge in [0.2, 0.25) is 0 Å². The Balaban J connectivity index is 1.82. The number of esters is 1. The Morgan fingerprint density at radius 3 is 3.14 bits per heavy atom. The molecule has 22 heavy (non-hydrogen) atoms. The van der Waals surface area contributed by atoms with Gasteiger partial charge in [-0.05, 0) is 30.0 Å². The molecule has 1 aliphatic carbocycles. The van der Waals surface area contributed by atoms with Gasteiger partial charge in [-0.2, -0.15) is 5.26 Å². The second-order valence-electron chi connectivity index (χ2n) is 6.17. The summed E-state index contributed by atoms with van der Waals surface area (Å²) < 4.78 is 4.91. The van der Waals surface area contributed by atoms with Crippen molar-refractivity contribution < 1.29 is 9.53 Å². The molecule has 4 rings (SSSR count). The van der Waals surface area contributed by atoms with E-state index < -0.39 is 0 Å². The zero-order chi connectivity index (χ0) is 15.3. The number of nitriles is 1. The Kier molecular flexibility index (Phi) is 2.86. The molecule has 2 aromatic rings. The fraction of sp³-hybridized carbons (Fsp3) is 0.412. The molecule has 0 amide bonds. The molecule has 0 radical (unpaired) electrons. The number of ether oxygens (including phenoxy) is 1. The van der Waals surface area contributed by atoms with Crippen LogP contribution in [0.4, 0.5) is 0 Å². The van der Waals surface area contributed by atoms with E-state index in [-0.39, 0.29) is 23.8 Å². The van der Waals surface area contributed by atoms with Crippen molar-refractivity contribution in [3.05, 3.63) is 35.5 Å². The topological polar surface area (TPSA) is 69.1 Å². The molecule has 1 fully saturated rings. The number of H-pyrrole nitrogens is 1. The van der Waals surface area contributed by atoms with E-state index in [2.05, 4.69) is 23.3 Å². The molecule has 2 heterocycles. The average Bonchev–Trinajstić information content (AvgIpc) is 2.98. The van der Waals surface area contributed by atoms with Crippen molar-refractivity contribution in [1.82, 2.24) is 9.88 Å². The lowest BCUT2D eigenvalue weighted by Gasteiger charge is -2.43. The highest BCUT2D eigenvalue weighted by Gasteiger charge is 2.43. The van der Waals surface area contributed by atoms with Crippen LogP contribution in [0.2, 0.25) is 0 Å². The van der Waals surface area contributed by atoms with Gasteiger partial charge in [-0.1, -0.05) is 12.1 Å². The molecule has 0 spiro atoms. The van der Waals surface area contributed by atoms with E-state index in [1.807, 2.05) is 12.3 Å². The molecule has 3 atom stereocenters. The van der Waals surface area contributed by atoms with E-state index in [0.29, 0.717) is 6.54 Å². The van der Waals surface area contributed by atoms with Crippen LogP contribution in [0.1, 0.15) is 23.5 Å². The van der Waals surface area contributed by atoms with Crippen molar-refractivity contribution in [3.63, 3.8) is 0 Å². The lowest BCUT2D eigenvalue weighted by Crippen LogP contribution is -2.49. The third-order valence-electron chi connectivity index (χ3n) is 5.13. The van der Waals surface area contributed by atoms with Gasteiger partial charge in [0.1, 0.15) is 0 Å². The molecule has 1 saturated heterocycles. The molecule has 1 aliphatic heterocycles. The van der Waals surface area contributed by atoms with Crippen LogP contribution in [0.25, 0.3) is 10.9 Å². The van der Waals surface area contributed by atoms with Gasteiger partial charge in [0.15, 0.2) is 6.19 Å². The minimum absolute atomic E-state index is 0.139. The van der Waals surface area contributed by atoms with Crippen LogP contribution < -0.4 is 0 Å². The number of nitrogens with zero attached hydrogens (tertiary/aromatic N) is 2. The van der Waals surface area contributed by atoms with Crippen LogP contribution >= 0.6 is 0 Å². The number of piperidine rings is 1. The third-order valence-corrected chi connectivity index (χ3v) is 5.13. The molecule has 2 aliphatic rings. The number of carbonyl (C=O) groups excluding carboxylic acids is 1. The lowest BCUT2D eigenvalue weighted by molar-refractivity contribution is -0.147. The summed E-state index contributed by atoms with van der Waals surface area (Å²) in [7, 11) is 1.41. The zero-order valence-electron chi connectivity index (χ0n) is 12.4. The van der Waals surface area contributed by atoms with E-state index in [0.717, 1.165) is 18.4 Å². The lowest BCUT2D eigenvalue weighted by atomic mass is 9.72. The highest BCUT2D eigenvalue weighted by Crippen LogP contribution is 2.44. The van der Waals surface area contributed by atoms with E-state index >= 15 is 0 Å². The summed E-state index contributed by atoms with van der Waals surface area (Å²) >= 11 is 0. The Labute approximate surface area is 128 Å². The fourth-order valence-corrected chi connectivity index (χ4v) is 4.15. The first kappa shape index (κ1) is 13.2. The van der Waals surface area contributed by atoms with Crippen LogP contribution in [-0.4, -0.2) is 35.5 Å². The van der Waals surface area contributed by atoms with E-state index in [1.165, 1.54) is 23.6 Å². The van der Waals surface area contributed by atoms with Crippen LogP contribution in [0.15, 0.2) is 24.4 Å². The van der Waals surface area contributed by atoms with E-state index in [9.17, 15) is 10.1 Å². The summed E-state index contributed by atoms with van der Waals surface area (Å²) in [6.45, 7) is 0.458. The van der Waals surface area contributed by atoms with Crippen LogP contribution in [-0.2, 0) is 16.0 Å². The van der Waals surface area contributed by atoms with Gasteiger partial charge in [-0.15, -0.1) is 0 Å². The average molecular weight is 295 g/mol. The van der Waals surface area contributed by atoms with E-state index in [1.54, 1.807) is 4.90 Å². The van der Waals surface area contributed by atoms with Gasteiger partial charge in [0, 0.05) is 29.6 Å². The summed E-state index contributed by atoms with van der Waals surface area (Å²) in [5.74, 6) is -0.253. The van der Waals surface area contributed by atoms with Gasteiger partial charge < -0.3 is 14.6 Å². The third kappa shape index (κ3) is 1.73. The van der Waals surface area contributed by atoms with Crippen molar-refractivity contribution >= 4 is 16.9 Å². The second-order valence-corrected chi connectivity index (χ2v) is 6.17. The molecule has 1 aromatic heterocycles. The molecular formula is C17H17N3O2. The van der Waals surface area contributed by atoms with Crippen molar-refractivity contribution in [2.45, 2.75) is 24.8 Å². The second kappa shape index (κ2) is 4.77. The van der Waals surface area contributed by atoms with Gasteiger partial charge >= 0.3 is 5.97 Å². The zero-order valence-corrected chi connectivity index (χ0v) is 12.4. The van der Waals surface area contributed by atoms with Crippen molar-refractivity contribution in [1.29, 1.82) is 5.26 Å². The first-order valence-corrected chi connectivity index (χ1v) is 7.56. The highest BCUT2D eigenvalue weighted by atomic mass is 16.5. The maximum absolute atomic E-state index is 12.0. The molecule has 1 aromatic carbocycles. The highest BCUT2D eigenvalue weighted by molar-refractivity contribution is 5.88. The maximum Gasteiger partial charge on any atom is 0.310 e. The summed E-state index contributed by atoms with van der Waals surface area (Å²) in [5, 5.41) is 10.8. The van der Waals surface area contributed by atoms with Gasteiger partial charge in [-0.3, -0.25) is 4.79 Å². The summed E-state index contributed by atoms with van der Waals surface area (Å²) in [5.41, 5.74) is 3.65. The number of aromatic nitrogens is 1. The van der Waals surface area contributed by atoms with Crippen molar-refractivity contribution in [3.8, 4) is 6.19 Å². The summed E-state index contributed by atoms with van der Waals surface area (Å²) in [6.07, 6.45) is 5.93. The van der Waals surface area contributed by atoms with Crippen LogP contribution in [0.3, 0.4) is 0 Å². The minimum Gasteiger partial charge on any atom is -0.469 e. The van der Waals surface area contributed by atoms with Crippen LogP contribution in [0, 0.1) is 17.4 Å². The monoisotopic (exact) mass is 295 g/mol. The SMILES string of the molecule is COC(=O)C1CC2c3cccc4[nH]cc(c34)CC2N(C#N)C1. The van der Waals surface area contributed by atoms with Gasteiger partial charge in [-0.25, -0.2) is 0 Å². The van der Waals surface area contributed by atoms with Gasteiger partial charge in [0.25, 0.3) is 0 Å². The number of nitrogens with one attached hydrogen (secondary N) is 1. The molecule has 5 nitrogen and oxygen atoms in total. The number of hydrogen-bond donors (Lipinski definition) is 1. The Morgan fingerprint density at radius 1 is 1.50 bits per heavy atom. The number of methoxy groups -OCH3 is 1. The summed E-state index contributed by atoms with van der Waals surface area (Å²) in [6, 6.07) is 6.38. The standard InChI is InChI=1S/C17H17N3O2/c1-22-17(21)11-5-13-12-3-2-4-14-16(12)10(7-19-14)6-15(13)20(8-11)9-18/h2-4,7,11,13,15,19H,5-6,8H2,1H3. The van der Waals surface area contributed by atoms with Crippen molar-refractivity contribution in [2.75, 3.05) is 13.7 Å². The molecule has 0 saturated carbocycles. The fourth-order valence-electron chi connectivity index (χ4n) is 4.15. The van der Waals surface area contributed by atoms with Crippen LogP contribution in [0.5, 0.6) is 0 Å². The number of benzene rings is 1. The number of rotatable bonds is 1. The largest absolute Gasteiger partial charge is 0.469 e. The summed E-state index contributed by atoms with van der Waals surface area (Å²) in [4.78, 5) is 17.1. The van der Waals surface area contributed by atoms with Crippen molar-refractivity contribution in [2.24, 2.45) is 5.92 Å². The predicted molar refractivity (Wildman–Crippen MR) is 81.0 cm³/mol.